The van der Waals surface area contributed by atoms with Gasteiger partial charge in [-0.15, -0.1) is 0 Å². The molecule has 1 aromatic carbocycles. The molecule has 2 heterocycles. The summed E-state index contributed by atoms with van der Waals surface area (Å²) in [5.74, 6) is 0.980. The molecule has 3 nitrogen and oxygen atoms in total. The first-order chi connectivity index (χ1) is 9.72. The third kappa shape index (κ3) is 3.25. The van der Waals surface area contributed by atoms with Crippen LogP contribution in [0.15, 0.2) is 33.2 Å². The summed E-state index contributed by atoms with van der Waals surface area (Å²) in [5.41, 5.74) is 0.936. The number of hydrogen-bond acceptors (Lipinski definition) is 3. The van der Waals surface area contributed by atoms with E-state index in [0.29, 0.717) is 6.10 Å². The number of nitrogens with one attached hydrogen (secondary N) is 1. The predicted octanol–water partition coefficient (Wildman–Crippen LogP) is 4.42. The van der Waals surface area contributed by atoms with E-state index in [-0.39, 0.29) is 6.04 Å². The van der Waals surface area contributed by atoms with Gasteiger partial charge in [0.15, 0.2) is 0 Å². The van der Waals surface area contributed by atoms with Gasteiger partial charge < -0.3 is 14.5 Å². The maximum absolute atomic E-state index is 5.90. The summed E-state index contributed by atoms with van der Waals surface area (Å²) in [6.45, 7) is 3.93. The highest BCUT2D eigenvalue weighted by Crippen LogP contribution is 2.26. The molecular weight excluding hydrogens is 318 g/mol. The van der Waals surface area contributed by atoms with E-state index in [1.54, 1.807) is 0 Å². The van der Waals surface area contributed by atoms with Crippen LogP contribution in [0.1, 0.15) is 38.0 Å². The average Bonchev–Trinajstić information content (AvgIpc) is 2.89. The Morgan fingerprint density at radius 3 is 3.05 bits per heavy atom. The lowest BCUT2D eigenvalue weighted by atomic mass is 10.1. The zero-order valence-corrected chi connectivity index (χ0v) is 13.3. The maximum Gasteiger partial charge on any atom is 0.134 e. The second kappa shape index (κ2) is 6.29. The smallest absolute Gasteiger partial charge is 0.134 e. The molecule has 2 atom stereocenters. The van der Waals surface area contributed by atoms with Gasteiger partial charge in [0.25, 0.3) is 0 Å². The summed E-state index contributed by atoms with van der Waals surface area (Å²) in [5, 5.41) is 4.65. The van der Waals surface area contributed by atoms with E-state index in [1.807, 2.05) is 12.1 Å². The molecule has 0 amide bonds. The van der Waals surface area contributed by atoms with E-state index in [2.05, 4.69) is 40.3 Å². The minimum Gasteiger partial charge on any atom is -0.459 e. The Morgan fingerprint density at radius 1 is 1.35 bits per heavy atom. The lowest BCUT2D eigenvalue weighted by Crippen LogP contribution is -2.33. The van der Waals surface area contributed by atoms with Crippen molar-refractivity contribution in [1.82, 2.24) is 5.32 Å². The Labute approximate surface area is 127 Å². The molecule has 1 N–H and O–H groups in total. The Balaban J connectivity index is 1.64. The molecule has 2 aromatic rings. The first kappa shape index (κ1) is 14.1. The van der Waals surface area contributed by atoms with E-state index in [4.69, 9.17) is 9.15 Å². The average molecular weight is 338 g/mol. The lowest BCUT2D eigenvalue weighted by Gasteiger charge is -2.24. The van der Waals surface area contributed by atoms with Crippen LogP contribution < -0.4 is 5.32 Å². The van der Waals surface area contributed by atoms with E-state index in [0.717, 1.165) is 40.8 Å². The van der Waals surface area contributed by atoms with Gasteiger partial charge in [-0.05, 0) is 50.5 Å². The van der Waals surface area contributed by atoms with Gasteiger partial charge in [0.05, 0.1) is 12.1 Å². The third-order valence-electron chi connectivity index (χ3n) is 3.85. The fourth-order valence-electron chi connectivity index (χ4n) is 2.63. The van der Waals surface area contributed by atoms with Crippen molar-refractivity contribution in [2.75, 3.05) is 13.2 Å². The number of fused-ring (bicyclic) bond motifs is 1. The second-order valence-corrected chi connectivity index (χ2v) is 6.37. The summed E-state index contributed by atoms with van der Waals surface area (Å²) < 4.78 is 12.7. The fourth-order valence-corrected chi connectivity index (χ4v) is 3.00. The second-order valence-electron chi connectivity index (χ2n) is 5.45. The van der Waals surface area contributed by atoms with Crippen LogP contribution in [-0.4, -0.2) is 19.3 Å². The van der Waals surface area contributed by atoms with Crippen molar-refractivity contribution in [2.45, 2.75) is 38.3 Å². The highest BCUT2D eigenvalue weighted by atomic mass is 79.9. The van der Waals surface area contributed by atoms with E-state index < -0.39 is 0 Å². The zero-order valence-electron chi connectivity index (χ0n) is 11.7. The van der Waals surface area contributed by atoms with Crippen molar-refractivity contribution >= 4 is 26.9 Å². The van der Waals surface area contributed by atoms with Crippen LogP contribution in [0.3, 0.4) is 0 Å². The van der Waals surface area contributed by atoms with Crippen molar-refractivity contribution in [2.24, 2.45) is 0 Å². The Kier molecular flexibility index (Phi) is 4.44. The van der Waals surface area contributed by atoms with E-state index in [9.17, 15) is 0 Å². The molecule has 1 saturated heterocycles. The number of halogens is 1. The molecule has 1 aliphatic heterocycles. The maximum atomic E-state index is 5.90. The molecule has 0 aliphatic carbocycles. The first-order valence-corrected chi connectivity index (χ1v) is 8.05. The number of rotatable bonds is 4. The van der Waals surface area contributed by atoms with Gasteiger partial charge in [0.1, 0.15) is 11.3 Å². The summed E-state index contributed by atoms with van der Waals surface area (Å²) in [6.07, 6.45) is 3.99. The van der Waals surface area contributed by atoms with Crippen LogP contribution in [0.4, 0.5) is 0 Å². The van der Waals surface area contributed by atoms with Crippen molar-refractivity contribution in [3.05, 3.63) is 34.5 Å². The summed E-state index contributed by atoms with van der Waals surface area (Å²) >= 11 is 3.49. The van der Waals surface area contributed by atoms with Gasteiger partial charge in [0.2, 0.25) is 0 Å². The Bertz CT molecular complexity index is 575. The van der Waals surface area contributed by atoms with Crippen LogP contribution in [0, 0.1) is 0 Å². The molecule has 20 heavy (non-hydrogen) atoms. The van der Waals surface area contributed by atoms with Crippen LogP contribution in [0.5, 0.6) is 0 Å². The highest BCUT2D eigenvalue weighted by molar-refractivity contribution is 9.10. The predicted molar refractivity (Wildman–Crippen MR) is 83.9 cm³/mol. The van der Waals surface area contributed by atoms with E-state index in [1.165, 1.54) is 12.8 Å². The van der Waals surface area contributed by atoms with Gasteiger partial charge in [-0.2, -0.15) is 0 Å². The summed E-state index contributed by atoms with van der Waals surface area (Å²) in [4.78, 5) is 0. The topological polar surface area (TPSA) is 34.4 Å². The molecular formula is C16H20BrNO2. The molecule has 0 radical (unpaired) electrons. The zero-order chi connectivity index (χ0) is 13.9. The first-order valence-electron chi connectivity index (χ1n) is 7.26. The van der Waals surface area contributed by atoms with Gasteiger partial charge in [0, 0.05) is 23.0 Å². The minimum atomic E-state index is 0.201. The van der Waals surface area contributed by atoms with Gasteiger partial charge in [-0.1, -0.05) is 15.9 Å². The lowest BCUT2D eigenvalue weighted by molar-refractivity contribution is 0.0153. The van der Waals surface area contributed by atoms with E-state index >= 15 is 0 Å². The molecule has 2 unspecified atom stereocenters. The van der Waals surface area contributed by atoms with Crippen molar-refractivity contribution in [3.63, 3.8) is 0 Å². The van der Waals surface area contributed by atoms with Crippen LogP contribution in [0.2, 0.25) is 0 Å². The SMILES string of the molecule is CC(NCC1CCCCO1)c1cc2cc(Br)ccc2o1. The minimum absolute atomic E-state index is 0.201. The Morgan fingerprint density at radius 2 is 2.25 bits per heavy atom. The number of benzene rings is 1. The summed E-state index contributed by atoms with van der Waals surface area (Å²) in [6, 6.07) is 8.40. The quantitative estimate of drug-likeness (QED) is 0.896. The summed E-state index contributed by atoms with van der Waals surface area (Å²) in [7, 11) is 0. The fraction of sp³-hybridized carbons (Fsp3) is 0.500. The molecule has 0 spiro atoms. The highest BCUT2D eigenvalue weighted by Gasteiger charge is 2.17. The molecule has 0 saturated carbocycles. The molecule has 1 aliphatic rings. The molecule has 3 rings (SSSR count). The molecule has 4 heteroatoms. The molecule has 1 aromatic heterocycles. The Hall–Kier alpha value is -0.840. The largest absolute Gasteiger partial charge is 0.459 e. The van der Waals surface area contributed by atoms with Crippen molar-refractivity contribution < 1.29 is 9.15 Å². The molecule has 108 valence electrons. The molecule has 0 bridgehead atoms. The normalized spacial score (nSPS) is 21.2. The van der Waals surface area contributed by atoms with Crippen molar-refractivity contribution in [1.29, 1.82) is 0 Å². The van der Waals surface area contributed by atoms with Crippen molar-refractivity contribution in [3.8, 4) is 0 Å². The molecule has 1 fully saturated rings. The van der Waals surface area contributed by atoms with Gasteiger partial charge >= 0.3 is 0 Å². The monoisotopic (exact) mass is 337 g/mol. The van der Waals surface area contributed by atoms with Gasteiger partial charge in [-0.25, -0.2) is 0 Å². The number of furan rings is 1. The third-order valence-corrected chi connectivity index (χ3v) is 4.34. The van der Waals surface area contributed by atoms with Crippen LogP contribution in [0.25, 0.3) is 11.0 Å². The van der Waals surface area contributed by atoms with Gasteiger partial charge in [-0.3, -0.25) is 0 Å². The van der Waals surface area contributed by atoms with Crippen LogP contribution in [-0.2, 0) is 4.74 Å². The number of hydrogen-bond donors (Lipinski definition) is 1. The number of ether oxygens (including phenoxy) is 1. The van der Waals surface area contributed by atoms with Crippen LogP contribution >= 0.6 is 15.9 Å². The standard InChI is InChI=1S/C16H20BrNO2/c1-11(18-10-14-4-2-3-7-19-14)16-9-12-8-13(17)5-6-15(12)20-16/h5-6,8-9,11,14,18H,2-4,7,10H2,1H3.